The lowest BCUT2D eigenvalue weighted by atomic mass is 10.1. The number of hydrogen-bond donors (Lipinski definition) is 0. The standard InChI is InChI=1S/C24H23BrN2O4S/c25-19-10-8-17(9-11-19)16-31-20-7-3-2-6-18(20)14-21-23(29)27(24(30)32-21)15-22(28)26-12-4-1-5-13-26/h2-3,6-11,14H,1,4-5,12-13,15-16H2/b21-14-. The lowest BCUT2D eigenvalue weighted by Gasteiger charge is -2.27. The van der Waals surface area contributed by atoms with Crippen LogP contribution < -0.4 is 4.74 Å². The van der Waals surface area contributed by atoms with Gasteiger partial charge in [0, 0.05) is 23.1 Å². The maximum Gasteiger partial charge on any atom is 0.294 e. The van der Waals surface area contributed by atoms with Gasteiger partial charge in [0.2, 0.25) is 5.91 Å². The molecule has 166 valence electrons. The molecule has 2 saturated heterocycles. The van der Waals surface area contributed by atoms with Gasteiger partial charge in [0.15, 0.2) is 0 Å². The second-order valence-electron chi connectivity index (χ2n) is 7.66. The maximum atomic E-state index is 12.9. The van der Waals surface area contributed by atoms with Crippen molar-refractivity contribution in [2.45, 2.75) is 25.9 Å². The maximum absolute atomic E-state index is 12.9. The Labute approximate surface area is 199 Å². The van der Waals surface area contributed by atoms with Gasteiger partial charge in [0.25, 0.3) is 11.1 Å². The van der Waals surface area contributed by atoms with Gasteiger partial charge in [-0.2, -0.15) is 0 Å². The van der Waals surface area contributed by atoms with Crippen molar-refractivity contribution < 1.29 is 19.1 Å². The number of hydrogen-bond acceptors (Lipinski definition) is 5. The van der Waals surface area contributed by atoms with E-state index in [2.05, 4.69) is 15.9 Å². The van der Waals surface area contributed by atoms with Crippen LogP contribution in [0.25, 0.3) is 6.08 Å². The predicted octanol–water partition coefficient (Wildman–Crippen LogP) is 5.08. The van der Waals surface area contributed by atoms with E-state index in [-0.39, 0.29) is 12.5 Å². The second-order valence-corrected chi connectivity index (χ2v) is 9.57. The fourth-order valence-corrected chi connectivity index (χ4v) is 4.72. The van der Waals surface area contributed by atoms with E-state index >= 15 is 0 Å². The van der Waals surface area contributed by atoms with Gasteiger partial charge in [-0.3, -0.25) is 19.3 Å². The topological polar surface area (TPSA) is 66.9 Å². The fourth-order valence-electron chi connectivity index (χ4n) is 3.63. The number of rotatable bonds is 6. The Hall–Kier alpha value is -2.58. The van der Waals surface area contributed by atoms with Crippen molar-refractivity contribution in [2.75, 3.05) is 19.6 Å². The van der Waals surface area contributed by atoms with Gasteiger partial charge in [-0.1, -0.05) is 46.3 Å². The quantitative estimate of drug-likeness (QED) is 0.503. The minimum atomic E-state index is -0.437. The lowest BCUT2D eigenvalue weighted by Crippen LogP contribution is -2.44. The number of halogens is 1. The van der Waals surface area contributed by atoms with Gasteiger partial charge in [0.1, 0.15) is 18.9 Å². The van der Waals surface area contributed by atoms with E-state index in [1.165, 1.54) is 0 Å². The van der Waals surface area contributed by atoms with Gasteiger partial charge in [0.05, 0.1) is 4.91 Å². The van der Waals surface area contributed by atoms with Crippen LogP contribution >= 0.6 is 27.7 Å². The normalized spacial score (nSPS) is 17.8. The average Bonchev–Trinajstić information content (AvgIpc) is 3.07. The molecule has 0 atom stereocenters. The second kappa shape index (κ2) is 10.4. The molecular formula is C24H23BrN2O4S. The Balaban J connectivity index is 1.45. The Morgan fingerprint density at radius 3 is 2.50 bits per heavy atom. The summed E-state index contributed by atoms with van der Waals surface area (Å²) in [5, 5.41) is -0.417. The molecule has 32 heavy (non-hydrogen) atoms. The van der Waals surface area contributed by atoms with E-state index in [0.29, 0.717) is 35.9 Å². The predicted molar refractivity (Wildman–Crippen MR) is 128 cm³/mol. The molecule has 0 spiro atoms. The zero-order chi connectivity index (χ0) is 22.5. The third kappa shape index (κ3) is 5.42. The van der Waals surface area contributed by atoms with Gasteiger partial charge >= 0.3 is 0 Å². The Morgan fingerprint density at radius 1 is 1.03 bits per heavy atom. The molecule has 3 amide bonds. The van der Waals surface area contributed by atoms with E-state index < -0.39 is 11.1 Å². The van der Waals surface area contributed by atoms with Crippen LogP contribution in [0.5, 0.6) is 5.75 Å². The van der Waals surface area contributed by atoms with Gasteiger partial charge in [-0.05, 0) is 60.9 Å². The number of thioether (sulfide) groups is 1. The zero-order valence-corrected chi connectivity index (χ0v) is 19.9. The summed E-state index contributed by atoms with van der Waals surface area (Å²) in [6.45, 7) is 1.55. The average molecular weight is 515 g/mol. The van der Waals surface area contributed by atoms with Crippen LogP contribution in [-0.2, 0) is 16.2 Å². The molecule has 0 saturated carbocycles. The smallest absolute Gasteiger partial charge is 0.294 e. The molecule has 0 bridgehead atoms. The van der Waals surface area contributed by atoms with Crippen molar-refractivity contribution in [3.05, 3.63) is 69.0 Å². The molecule has 0 N–H and O–H groups in total. The summed E-state index contributed by atoms with van der Waals surface area (Å²) < 4.78 is 6.96. The first-order chi connectivity index (χ1) is 15.5. The number of para-hydroxylation sites is 1. The first-order valence-corrected chi connectivity index (χ1v) is 12.1. The summed E-state index contributed by atoms with van der Waals surface area (Å²) in [6.07, 6.45) is 4.69. The highest BCUT2D eigenvalue weighted by Crippen LogP contribution is 2.34. The zero-order valence-electron chi connectivity index (χ0n) is 17.5. The molecule has 0 radical (unpaired) electrons. The SMILES string of the molecule is O=C(CN1C(=O)S/C(=C\c2ccccc2OCc2ccc(Br)cc2)C1=O)N1CCCCC1. The first-order valence-electron chi connectivity index (χ1n) is 10.5. The van der Waals surface area contributed by atoms with E-state index in [0.717, 1.165) is 46.0 Å². The number of piperidine rings is 1. The third-order valence-corrected chi connectivity index (χ3v) is 6.82. The Morgan fingerprint density at radius 2 is 1.75 bits per heavy atom. The summed E-state index contributed by atoms with van der Waals surface area (Å²) in [5.74, 6) is 0.00571. The van der Waals surface area contributed by atoms with Gasteiger partial charge < -0.3 is 9.64 Å². The van der Waals surface area contributed by atoms with Crippen LogP contribution in [0.15, 0.2) is 57.9 Å². The van der Waals surface area contributed by atoms with E-state index in [4.69, 9.17) is 4.74 Å². The highest BCUT2D eigenvalue weighted by molar-refractivity contribution is 9.10. The Kier molecular flexibility index (Phi) is 7.32. The van der Waals surface area contributed by atoms with Crippen molar-refractivity contribution in [3.63, 3.8) is 0 Å². The van der Waals surface area contributed by atoms with Crippen LogP contribution in [0.1, 0.15) is 30.4 Å². The van der Waals surface area contributed by atoms with Crippen molar-refractivity contribution >= 4 is 50.8 Å². The molecule has 2 aromatic carbocycles. The number of likely N-dealkylation sites (tertiary alicyclic amines) is 1. The van der Waals surface area contributed by atoms with Crippen molar-refractivity contribution in [1.29, 1.82) is 0 Å². The molecule has 2 aromatic rings. The van der Waals surface area contributed by atoms with E-state index in [1.54, 1.807) is 11.0 Å². The minimum Gasteiger partial charge on any atom is -0.488 e. The van der Waals surface area contributed by atoms with Crippen molar-refractivity contribution in [2.24, 2.45) is 0 Å². The summed E-state index contributed by atoms with van der Waals surface area (Å²) in [5.41, 5.74) is 1.72. The van der Waals surface area contributed by atoms with Gasteiger partial charge in [-0.25, -0.2) is 0 Å². The van der Waals surface area contributed by atoms with Crippen LogP contribution in [0, 0.1) is 0 Å². The largest absolute Gasteiger partial charge is 0.488 e. The highest BCUT2D eigenvalue weighted by Gasteiger charge is 2.37. The van der Waals surface area contributed by atoms with Crippen LogP contribution in [0.2, 0.25) is 0 Å². The number of nitrogens with zero attached hydrogens (tertiary/aromatic N) is 2. The molecule has 0 aromatic heterocycles. The van der Waals surface area contributed by atoms with E-state index in [9.17, 15) is 14.4 Å². The number of carbonyl (C=O) groups excluding carboxylic acids is 3. The van der Waals surface area contributed by atoms with Crippen molar-refractivity contribution in [1.82, 2.24) is 9.80 Å². The minimum absolute atomic E-state index is 0.175. The number of carbonyl (C=O) groups is 3. The summed E-state index contributed by atoms with van der Waals surface area (Å²) in [6, 6.07) is 15.2. The third-order valence-electron chi connectivity index (χ3n) is 5.39. The molecule has 2 heterocycles. The van der Waals surface area contributed by atoms with Crippen molar-refractivity contribution in [3.8, 4) is 5.75 Å². The summed E-state index contributed by atoms with van der Waals surface area (Å²) in [4.78, 5) is 40.9. The lowest BCUT2D eigenvalue weighted by molar-refractivity contribution is -0.136. The number of ether oxygens (including phenoxy) is 1. The molecule has 2 aliphatic heterocycles. The fraction of sp³-hybridized carbons (Fsp3) is 0.292. The van der Waals surface area contributed by atoms with Crippen LogP contribution in [0.4, 0.5) is 4.79 Å². The number of benzene rings is 2. The molecule has 0 aliphatic carbocycles. The van der Waals surface area contributed by atoms with Gasteiger partial charge in [-0.15, -0.1) is 0 Å². The molecule has 8 heteroatoms. The molecule has 0 unspecified atom stereocenters. The summed E-state index contributed by atoms with van der Waals surface area (Å²) in [7, 11) is 0. The molecular weight excluding hydrogens is 492 g/mol. The number of imide groups is 1. The Bertz CT molecular complexity index is 1050. The molecule has 2 aliphatic rings. The first kappa shape index (κ1) is 22.6. The molecule has 6 nitrogen and oxygen atoms in total. The molecule has 4 rings (SSSR count). The van der Waals surface area contributed by atoms with Crippen LogP contribution in [0.3, 0.4) is 0 Å². The van der Waals surface area contributed by atoms with E-state index in [1.807, 2.05) is 48.5 Å². The highest BCUT2D eigenvalue weighted by atomic mass is 79.9. The monoisotopic (exact) mass is 514 g/mol. The summed E-state index contributed by atoms with van der Waals surface area (Å²) >= 11 is 4.27. The molecule has 2 fully saturated rings. The van der Waals surface area contributed by atoms with Crippen LogP contribution in [-0.4, -0.2) is 46.5 Å². The number of amides is 3.